The van der Waals surface area contributed by atoms with Crippen molar-refractivity contribution in [2.45, 2.75) is 44.8 Å². The minimum Gasteiger partial charge on any atom is -0.479 e. The molecule has 2 unspecified atom stereocenters. The van der Waals surface area contributed by atoms with Gasteiger partial charge in [0.15, 0.2) is 6.61 Å². The van der Waals surface area contributed by atoms with Crippen LogP contribution in [0.5, 0.6) is 5.75 Å². The highest BCUT2D eigenvalue weighted by molar-refractivity contribution is 5.27. The summed E-state index contributed by atoms with van der Waals surface area (Å²) in [4.78, 5) is 0. The van der Waals surface area contributed by atoms with E-state index in [4.69, 9.17) is 10.00 Å². The molecule has 1 aromatic carbocycles. The van der Waals surface area contributed by atoms with Gasteiger partial charge in [-0.1, -0.05) is 31.9 Å². The van der Waals surface area contributed by atoms with Gasteiger partial charge in [0.1, 0.15) is 11.8 Å². The Balaban J connectivity index is 1.76. The van der Waals surface area contributed by atoms with Crippen molar-refractivity contribution < 1.29 is 9.84 Å². The zero-order valence-electron chi connectivity index (χ0n) is 12.6. The topological polar surface area (TPSA) is 65.3 Å². The molecule has 0 radical (unpaired) electrons. The number of hydrogen-bond donors (Lipinski definition) is 2. The molecule has 1 saturated carbocycles. The lowest BCUT2D eigenvalue weighted by Crippen LogP contribution is -2.43. The first-order chi connectivity index (χ1) is 10.1. The van der Waals surface area contributed by atoms with E-state index in [9.17, 15) is 5.11 Å². The summed E-state index contributed by atoms with van der Waals surface area (Å²) in [5.41, 5.74) is 0.597. The maximum Gasteiger partial charge on any atom is 0.174 e. The first-order valence-corrected chi connectivity index (χ1v) is 7.63. The highest BCUT2D eigenvalue weighted by atomic mass is 16.5. The fraction of sp³-hybridized carbons (Fsp3) is 0.588. The monoisotopic (exact) mass is 288 g/mol. The van der Waals surface area contributed by atoms with E-state index in [0.29, 0.717) is 18.2 Å². The van der Waals surface area contributed by atoms with Crippen molar-refractivity contribution in [3.8, 4) is 11.8 Å². The average molecular weight is 288 g/mol. The minimum absolute atomic E-state index is 0.0722. The molecule has 1 aliphatic rings. The normalized spacial score (nSPS) is 25.3. The number of benzene rings is 1. The number of nitriles is 1. The van der Waals surface area contributed by atoms with E-state index in [0.717, 1.165) is 31.4 Å². The van der Waals surface area contributed by atoms with E-state index in [1.807, 2.05) is 30.3 Å². The quantitative estimate of drug-likeness (QED) is 0.844. The Labute approximate surface area is 126 Å². The van der Waals surface area contributed by atoms with Gasteiger partial charge >= 0.3 is 0 Å². The number of ether oxygens (including phenoxy) is 1. The highest BCUT2D eigenvalue weighted by Crippen LogP contribution is 2.31. The van der Waals surface area contributed by atoms with Gasteiger partial charge in [-0.3, -0.25) is 0 Å². The van der Waals surface area contributed by atoms with Crippen LogP contribution in [0.4, 0.5) is 0 Å². The molecule has 2 N–H and O–H groups in total. The molecule has 0 aliphatic heterocycles. The second-order valence-electron chi connectivity index (χ2n) is 6.12. The maximum atomic E-state index is 10.5. The molecule has 21 heavy (non-hydrogen) atoms. The van der Waals surface area contributed by atoms with E-state index in [1.54, 1.807) is 0 Å². The van der Waals surface area contributed by atoms with Crippen molar-refractivity contribution in [3.63, 3.8) is 0 Å². The van der Waals surface area contributed by atoms with Crippen molar-refractivity contribution in [3.05, 3.63) is 29.8 Å². The molecular weight excluding hydrogens is 264 g/mol. The SMILES string of the molecule is CC1CCCC(O)(CNCc2ccc(OCC#N)cc2)C1. The summed E-state index contributed by atoms with van der Waals surface area (Å²) in [6, 6.07) is 9.64. The second kappa shape index (κ2) is 7.44. The van der Waals surface area contributed by atoms with Gasteiger partial charge in [-0.15, -0.1) is 0 Å². The molecule has 2 atom stereocenters. The third kappa shape index (κ3) is 5.04. The van der Waals surface area contributed by atoms with E-state index in [1.165, 1.54) is 6.42 Å². The minimum atomic E-state index is -0.548. The van der Waals surface area contributed by atoms with E-state index in [2.05, 4.69) is 12.2 Å². The van der Waals surface area contributed by atoms with E-state index in [-0.39, 0.29) is 6.61 Å². The van der Waals surface area contributed by atoms with Gasteiger partial charge in [0.2, 0.25) is 0 Å². The predicted molar refractivity (Wildman–Crippen MR) is 81.8 cm³/mol. The van der Waals surface area contributed by atoms with Gasteiger partial charge in [-0.2, -0.15) is 5.26 Å². The van der Waals surface area contributed by atoms with Gasteiger partial charge in [0.25, 0.3) is 0 Å². The molecule has 0 heterocycles. The third-order valence-electron chi connectivity index (χ3n) is 4.08. The molecule has 0 aromatic heterocycles. The Morgan fingerprint density at radius 1 is 1.43 bits per heavy atom. The van der Waals surface area contributed by atoms with Crippen molar-refractivity contribution in [2.24, 2.45) is 5.92 Å². The molecule has 0 spiro atoms. The van der Waals surface area contributed by atoms with Crippen molar-refractivity contribution >= 4 is 0 Å². The first kappa shape index (κ1) is 15.8. The van der Waals surface area contributed by atoms with Crippen molar-refractivity contribution in [1.29, 1.82) is 5.26 Å². The van der Waals surface area contributed by atoms with Gasteiger partial charge in [0.05, 0.1) is 5.60 Å². The number of hydrogen-bond acceptors (Lipinski definition) is 4. The summed E-state index contributed by atoms with van der Waals surface area (Å²) in [7, 11) is 0. The molecule has 0 bridgehead atoms. The van der Waals surface area contributed by atoms with Gasteiger partial charge in [-0.25, -0.2) is 0 Å². The maximum absolute atomic E-state index is 10.5. The predicted octanol–water partition coefficient (Wildman–Crippen LogP) is 2.62. The number of nitrogens with one attached hydrogen (secondary N) is 1. The van der Waals surface area contributed by atoms with Crippen LogP contribution < -0.4 is 10.1 Å². The molecule has 114 valence electrons. The summed E-state index contributed by atoms with van der Waals surface area (Å²) in [5.74, 6) is 1.32. The lowest BCUT2D eigenvalue weighted by molar-refractivity contribution is -0.0119. The molecule has 0 amide bonds. The third-order valence-corrected chi connectivity index (χ3v) is 4.08. The van der Waals surface area contributed by atoms with Gasteiger partial charge < -0.3 is 15.2 Å². The van der Waals surface area contributed by atoms with Gasteiger partial charge in [0, 0.05) is 13.1 Å². The molecule has 4 heteroatoms. The summed E-state index contributed by atoms with van der Waals surface area (Å²) in [6.45, 7) is 3.66. The summed E-state index contributed by atoms with van der Waals surface area (Å²) < 4.78 is 5.22. The molecule has 1 fully saturated rings. The summed E-state index contributed by atoms with van der Waals surface area (Å²) >= 11 is 0. The standard InChI is InChI=1S/C17H24N2O2/c1-14-3-2-8-17(20,11-14)13-19-12-15-4-6-16(7-5-15)21-10-9-18/h4-7,14,19-20H,2-3,8,10-13H2,1H3. The number of rotatable bonds is 6. The molecule has 0 saturated heterocycles. The zero-order chi connectivity index (χ0) is 15.1. The summed E-state index contributed by atoms with van der Waals surface area (Å²) in [5, 5.41) is 22.4. The van der Waals surface area contributed by atoms with Crippen LogP contribution in [0.25, 0.3) is 0 Å². The first-order valence-electron chi connectivity index (χ1n) is 7.63. The average Bonchev–Trinajstić information content (AvgIpc) is 2.46. The molecule has 2 rings (SSSR count). The van der Waals surface area contributed by atoms with Crippen LogP contribution in [0.1, 0.15) is 38.2 Å². The Kier molecular flexibility index (Phi) is 5.60. The lowest BCUT2D eigenvalue weighted by atomic mass is 9.79. The number of nitrogens with zero attached hydrogens (tertiary/aromatic N) is 1. The van der Waals surface area contributed by atoms with Crippen LogP contribution in [-0.4, -0.2) is 23.9 Å². The van der Waals surface area contributed by atoms with Gasteiger partial charge in [-0.05, 0) is 36.5 Å². The smallest absolute Gasteiger partial charge is 0.174 e. The molecule has 4 nitrogen and oxygen atoms in total. The fourth-order valence-electron chi connectivity index (χ4n) is 3.05. The Morgan fingerprint density at radius 3 is 2.86 bits per heavy atom. The van der Waals surface area contributed by atoms with Crippen LogP contribution in [0, 0.1) is 17.2 Å². The zero-order valence-corrected chi connectivity index (χ0v) is 12.6. The fourth-order valence-corrected chi connectivity index (χ4v) is 3.05. The number of aliphatic hydroxyl groups is 1. The van der Waals surface area contributed by atoms with Crippen molar-refractivity contribution in [1.82, 2.24) is 5.32 Å². The largest absolute Gasteiger partial charge is 0.479 e. The van der Waals surface area contributed by atoms with Crippen LogP contribution in [-0.2, 0) is 6.54 Å². The van der Waals surface area contributed by atoms with E-state index >= 15 is 0 Å². The molecule has 1 aliphatic carbocycles. The lowest BCUT2D eigenvalue weighted by Gasteiger charge is -2.35. The molecule has 1 aromatic rings. The molecular formula is C17H24N2O2. The Morgan fingerprint density at radius 2 is 2.19 bits per heavy atom. The summed E-state index contributed by atoms with van der Waals surface area (Å²) in [6.07, 6.45) is 4.13. The van der Waals surface area contributed by atoms with Crippen LogP contribution in [0.15, 0.2) is 24.3 Å². The second-order valence-corrected chi connectivity index (χ2v) is 6.12. The Bertz CT molecular complexity index is 481. The van der Waals surface area contributed by atoms with Crippen LogP contribution in [0.2, 0.25) is 0 Å². The Hall–Kier alpha value is -1.57. The highest BCUT2D eigenvalue weighted by Gasteiger charge is 2.31. The van der Waals surface area contributed by atoms with Crippen LogP contribution in [0.3, 0.4) is 0 Å². The van der Waals surface area contributed by atoms with E-state index < -0.39 is 5.60 Å². The van der Waals surface area contributed by atoms with Crippen LogP contribution >= 0.6 is 0 Å². The van der Waals surface area contributed by atoms with Crippen molar-refractivity contribution in [2.75, 3.05) is 13.2 Å².